The van der Waals surface area contributed by atoms with E-state index in [1.54, 1.807) is 0 Å². The second-order valence-corrected chi connectivity index (χ2v) is 15.4. The Kier molecular flexibility index (Phi) is 45.1. The minimum atomic E-state index is -0.816. The summed E-state index contributed by atoms with van der Waals surface area (Å²) in [6, 6.07) is 0. The molecule has 6 nitrogen and oxygen atoms in total. The van der Waals surface area contributed by atoms with Crippen molar-refractivity contribution in [1.82, 2.24) is 0 Å². The summed E-state index contributed by atoms with van der Waals surface area (Å²) in [5.41, 5.74) is 0. The number of unbranched alkanes of at least 4 members (excludes halogenated alkanes) is 15. The summed E-state index contributed by atoms with van der Waals surface area (Å²) in [5, 5.41) is 0. The second kappa shape index (κ2) is 48.5. The number of hydrogen-bond donors (Lipinski definition) is 0. The molecule has 0 aliphatic carbocycles. The molecule has 0 fully saturated rings. The van der Waals surface area contributed by atoms with Crippen LogP contribution in [0, 0.1) is 0 Å². The van der Waals surface area contributed by atoms with E-state index in [2.05, 4.69) is 81.5 Å². The molecule has 0 amide bonds. The smallest absolute Gasteiger partial charge is 0.306 e. The Labute approximate surface area is 373 Å². The number of allylic oxidation sites excluding steroid dienone is 20. The summed E-state index contributed by atoms with van der Waals surface area (Å²) < 4.78 is 16.7. The van der Waals surface area contributed by atoms with Crippen LogP contribution in [0.5, 0.6) is 0 Å². The van der Waals surface area contributed by atoms with E-state index in [1.807, 2.05) is 60.8 Å². The van der Waals surface area contributed by atoms with Crippen LogP contribution in [0.15, 0.2) is 122 Å². The molecule has 0 saturated heterocycles. The Hall–Kier alpha value is -4.19. The molecule has 0 radical (unpaired) electrons. The fourth-order valence-corrected chi connectivity index (χ4v) is 6.01. The lowest BCUT2D eigenvalue weighted by Gasteiger charge is -2.18. The van der Waals surface area contributed by atoms with Crippen LogP contribution in [0.3, 0.4) is 0 Å². The van der Waals surface area contributed by atoms with Crippen molar-refractivity contribution in [1.29, 1.82) is 0 Å². The standard InChI is InChI=1S/C55H86O6/c1-4-7-10-13-16-19-21-23-25-27-29-31-33-36-39-42-45-48-54(57)60-51-52(50-59-53(56)47-44-41-38-35-18-15-12-9-6-3)61-55(58)49-46-43-40-37-34-32-30-28-26-24-22-20-17-14-11-8-5-2/h7,9-10,12-13,16-21,23-27,29,31,33,35,52H,4-6,8,11,14-15,22,28,30,32,34,36-51H2,1-3H3/b10-7-,12-9-,16-13-,20-17-,21-19-,25-23-,26-24-,29-27+,33-31-,35-18-. The van der Waals surface area contributed by atoms with Crippen molar-refractivity contribution < 1.29 is 28.6 Å². The topological polar surface area (TPSA) is 78.9 Å². The van der Waals surface area contributed by atoms with Crippen LogP contribution in [0.2, 0.25) is 0 Å². The monoisotopic (exact) mass is 843 g/mol. The molecule has 0 aliphatic heterocycles. The van der Waals surface area contributed by atoms with E-state index in [0.29, 0.717) is 19.3 Å². The lowest BCUT2D eigenvalue weighted by Crippen LogP contribution is -2.30. The maximum atomic E-state index is 12.8. The van der Waals surface area contributed by atoms with Crippen LogP contribution >= 0.6 is 0 Å². The molecular weight excluding hydrogens is 757 g/mol. The first-order chi connectivity index (χ1) is 30.0. The minimum Gasteiger partial charge on any atom is -0.462 e. The van der Waals surface area contributed by atoms with Crippen molar-refractivity contribution in [2.75, 3.05) is 13.2 Å². The van der Waals surface area contributed by atoms with Crippen LogP contribution in [-0.2, 0) is 28.6 Å². The molecule has 0 N–H and O–H groups in total. The zero-order valence-corrected chi connectivity index (χ0v) is 38.9. The van der Waals surface area contributed by atoms with Gasteiger partial charge in [-0.3, -0.25) is 14.4 Å². The number of carbonyl (C=O) groups is 3. The fraction of sp³-hybridized carbons (Fsp3) is 0.582. The summed E-state index contributed by atoms with van der Waals surface area (Å²) in [6.07, 6.45) is 66.2. The van der Waals surface area contributed by atoms with Crippen LogP contribution in [0.1, 0.15) is 188 Å². The first-order valence-electron chi connectivity index (χ1n) is 24.1. The van der Waals surface area contributed by atoms with Crippen LogP contribution < -0.4 is 0 Å². The van der Waals surface area contributed by atoms with Gasteiger partial charge < -0.3 is 14.2 Å². The predicted molar refractivity (Wildman–Crippen MR) is 260 cm³/mol. The highest BCUT2D eigenvalue weighted by Crippen LogP contribution is 2.13. The van der Waals surface area contributed by atoms with E-state index < -0.39 is 6.10 Å². The molecule has 0 spiro atoms. The quantitative estimate of drug-likeness (QED) is 0.0201. The molecule has 0 aromatic rings. The minimum absolute atomic E-state index is 0.117. The van der Waals surface area contributed by atoms with E-state index in [0.717, 1.165) is 96.3 Å². The van der Waals surface area contributed by atoms with Crippen molar-refractivity contribution in [2.24, 2.45) is 0 Å². The molecule has 0 aliphatic rings. The Balaban J connectivity index is 4.50. The fourth-order valence-electron chi connectivity index (χ4n) is 6.01. The number of hydrogen-bond acceptors (Lipinski definition) is 6. The van der Waals surface area contributed by atoms with E-state index in [4.69, 9.17) is 14.2 Å². The Morgan fingerprint density at radius 2 is 0.721 bits per heavy atom. The van der Waals surface area contributed by atoms with Crippen molar-refractivity contribution in [2.45, 2.75) is 194 Å². The molecule has 1 atom stereocenters. The average Bonchev–Trinajstić information content (AvgIpc) is 3.26. The van der Waals surface area contributed by atoms with Gasteiger partial charge in [0.05, 0.1) is 0 Å². The van der Waals surface area contributed by atoms with Crippen LogP contribution in [-0.4, -0.2) is 37.2 Å². The molecule has 0 saturated carbocycles. The van der Waals surface area contributed by atoms with E-state index in [1.165, 1.54) is 51.4 Å². The van der Waals surface area contributed by atoms with Gasteiger partial charge in [0.1, 0.15) is 13.2 Å². The SMILES string of the molecule is CC\C=C/C=C\C=C/C=C\C=C\C=C/CCCCCC(=O)OCC(COC(=O)CCCC/C=C\C/C=C\CC)OC(=O)CCCCCCCCC/C=C\C/C=C\CCCCC. The highest BCUT2D eigenvalue weighted by Gasteiger charge is 2.19. The molecule has 6 heteroatoms. The summed E-state index contributed by atoms with van der Waals surface area (Å²) in [6.45, 7) is 6.24. The first-order valence-corrected chi connectivity index (χ1v) is 24.1. The molecule has 342 valence electrons. The molecule has 0 bridgehead atoms. The summed E-state index contributed by atoms with van der Waals surface area (Å²) in [5.74, 6) is -1.01. The number of carbonyl (C=O) groups excluding carboxylic acids is 3. The molecule has 1 unspecified atom stereocenters. The van der Waals surface area contributed by atoms with Gasteiger partial charge in [-0.1, -0.05) is 194 Å². The number of rotatable bonds is 41. The third-order valence-electron chi connectivity index (χ3n) is 9.59. The molecule has 0 aromatic heterocycles. The van der Waals surface area contributed by atoms with Gasteiger partial charge in [-0.05, 0) is 96.3 Å². The van der Waals surface area contributed by atoms with Crippen molar-refractivity contribution in [3.8, 4) is 0 Å². The van der Waals surface area contributed by atoms with Gasteiger partial charge in [-0.2, -0.15) is 0 Å². The lowest BCUT2D eigenvalue weighted by molar-refractivity contribution is -0.167. The third-order valence-corrected chi connectivity index (χ3v) is 9.59. The van der Waals surface area contributed by atoms with E-state index >= 15 is 0 Å². The summed E-state index contributed by atoms with van der Waals surface area (Å²) in [4.78, 5) is 37.8. The number of ether oxygens (including phenoxy) is 3. The highest BCUT2D eigenvalue weighted by molar-refractivity contribution is 5.71. The van der Waals surface area contributed by atoms with Gasteiger partial charge >= 0.3 is 17.9 Å². The average molecular weight is 843 g/mol. The zero-order valence-electron chi connectivity index (χ0n) is 38.9. The van der Waals surface area contributed by atoms with E-state index in [-0.39, 0.29) is 31.1 Å². The van der Waals surface area contributed by atoms with Crippen molar-refractivity contribution in [3.05, 3.63) is 122 Å². The summed E-state index contributed by atoms with van der Waals surface area (Å²) in [7, 11) is 0. The molecular formula is C55H86O6. The maximum Gasteiger partial charge on any atom is 0.306 e. The second-order valence-electron chi connectivity index (χ2n) is 15.4. The highest BCUT2D eigenvalue weighted by atomic mass is 16.6. The largest absolute Gasteiger partial charge is 0.462 e. The first kappa shape index (κ1) is 56.8. The van der Waals surface area contributed by atoms with Crippen LogP contribution in [0.25, 0.3) is 0 Å². The molecule has 0 aromatic carbocycles. The lowest BCUT2D eigenvalue weighted by atomic mass is 10.1. The molecule has 0 heterocycles. The Morgan fingerprint density at radius 1 is 0.361 bits per heavy atom. The van der Waals surface area contributed by atoms with Gasteiger partial charge in [0, 0.05) is 19.3 Å². The molecule has 61 heavy (non-hydrogen) atoms. The van der Waals surface area contributed by atoms with E-state index in [9.17, 15) is 14.4 Å². The van der Waals surface area contributed by atoms with Gasteiger partial charge in [0.15, 0.2) is 6.10 Å². The zero-order chi connectivity index (χ0) is 44.4. The maximum absolute atomic E-state index is 12.8. The van der Waals surface area contributed by atoms with Gasteiger partial charge in [-0.25, -0.2) is 0 Å². The molecule has 0 rings (SSSR count). The van der Waals surface area contributed by atoms with Crippen molar-refractivity contribution >= 4 is 17.9 Å². The normalized spacial score (nSPS) is 13.2. The predicted octanol–water partition coefficient (Wildman–Crippen LogP) is 15.7. The summed E-state index contributed by atoms with van der Waals surface area (Å²) >= 11 is 0. The third kappa shape index (κ3) is 46.7. The van der Waals surface area contributed by atoms with Gasteiger partial charge in [0.25, 0.3) is 0 Å². The van der Waals surface area contributed by atoms with Crippen molar-refractivity contribution in [3.63, 3.8) is 0 Å². The van der Waals surface area contributed by atoms with Gasteiger partial charge in [0.2, 0.25) is 0 Å². The Morgan fingerprint density at radius 3 is 1.23 bits per heavy atom. The number of esters is 3. The van der Waals surface area contributed by atoms with Crippen LogP contribution in [0.4, 0.5) is 0 Å². The Bertz CT molecular complexity index is 1340. The van der Waals surface area contributed by atoms with Gasteiger partial charge in [-0.15, -0.1) is 0 Å².